The van der Waals surface area contributed by atoms with Gasteiger partial charge in [-0.15, -0.1) is 10.2 Å². The summed E-state index contributed by atoms with van der Waals surface area (Å²) in [5.41, 5.74) is 2.35. The van der Waals surface area contributed by atoms with E-state index in [-0.39, 0.29) is 23.0 Å². The number of H-pyrrole nitrogens is 1. The van der Waals surface area contributed by atoms with Gasteiger partial charge in [-0.05, 0) is 19.1 Å². The van der Waals surface area contributed by atoms with Gasteiger partial charge in [0.15, 0.2) is 0 Å². The van der Waals surface area contributed by atoms with Gasteiger partial charge >= 0.3 is 0 Å². The van der Waals surface area contributed by atoms with Gasteiger partial charge in [-0.25, -0.2) is 5.43 Å². The number of nitrogens with one attached hydrogen (secondary N) is 2. The number of hydrogen-bond donors (Lipinski definition) is 2. The average Bonchev–Trinajstić information content (AvgIpc) is 2.88. The van der Waals surface area contributed by atoms with Gasteiger partial charge in [-0.1, -0.05) is 11.8 Å². The molecule has 2 N–H and O–H groups in total. The second-order valence-corrected chi connectivity index (χ2v) is 4.81. The van der Waals surface area contributed by atoms with Crippen LogP contribution < -0.4 is 11.0 Å². The molecule has 0 aliphatic carbocycles. The molecule has 0 atom stereocenters. The fourth-order valence-corrected chi connectivity index (χ4v) is 1.73. The molecule has 112 valence electrons. The number of hydrogen-bond acceptors (Lipinski definition) is 7. The summed E-state index contributed by atoms with van der Waals surface area (Å²) in [4.78, 5) is 13.7. The minimum Gasteiger partial charge on any atom is -0.459 e. The Morgan fingerprint density at radius 2 is 2.33 bits per heavy atom. The number of aromatic nitrogens is 3. The highest BCUT2D eigenvalue weighted by Crippen LogP contribution is 2.20. The van der Waals surface area contributed by atoms with Crippen LogP contribution in [0.15, 0.2) is 26.4 Å². The summed E-state index contributed by atoms with van der Waals surface area (Å²) in [5.74, 6) is -1.47. The fraction of sp³-hybridized carbons (Fsp3) is 0.273. The molecule has 0 amide bonds. The molecule has 0 radical (unpaired) electrons. The van der Waals surface area contributed by atoms with E-state index in [9.17, 15) is 13.6 Å². The average molecular weight is 315 g/mol. The lowest BCUT2D eigenvalue weighted by atomic mass is 10.4. The number of aromatic amines is 1. The Morgan fingerprint density at radius 3 is 3.05 bits per heavy atom. The number of anilines is 1. The van der Waals surface area contributed by atoms with Crippen molar-refractivity contribution in [2.24, 2.45) is 5.10 Å². The molecular weight excluding hydrogens is 304 g/mol. The predicted octanol–water partition coefficient (Wildman–Crippen LogP) is 1.97. The third-order valence-corrected chi connectivity index (χ3v) is 2.96. The minimum atomic E-state index is -2.44. The fourth-order valence-electron chi connectivity index (χ4n) is 1.29. The van der Waals surface area contributed by atoms with Crippen molar-refractivity contribution in [3.05, 3.63) is 39.7 Å². The zero-order valence-corrected chi connectivity index (χ0v) is 11.7. The van der Waals surface area contributed by atoms with Gasteiger partial charge < -0.3 is 4.42 Å². The van der Waals surface area contributed by atoms with Gasteiger partial charge in [0.05, 0.1) is 12.0 Å². The van der Waals surface area contributed by atoms with E-state index in [0.717, 1.165) is 0 Å². The third-order valence-electron chi connectivity index (χ3n) is 2.26. The maximum atomic E-state index is 12.0. The Balaban J connectivity index is 1.92. The second-order valence-electron chi connectivity index (χ2n) is 3.83. The summed E-state index contributed by atoms with van der Waals surface area (Å²) < 4.78 is 29.3. The summed E-state index contributed by atoms with van der Waals surface area (Å²) in [7, 11) is 0. The van der Waals surface area contributed by atoms with Crippen molar-refractivity contribution in [3.63, 3.8) is 0 Å². The highest BCUT2D eigenvalue weighted by Gasteiger charge is 2.06. The van der Waals surface area contributed by atoms with Crippen molar-refractivity contribution in [3.8, 4) is 0 Å². The molecule has 0 aliphatic heterocycles. The highest BCUT2D eigenvalue weighted by atomic mass is 32.2. The first-order chi connectivity index (χ1) is 10.0. The molecular formula is C11H11F2N5O2S. The number of halogens is 2. The Labute approximate surface area is 121 Å². The lowest BCUT2D eigenvalue weighted by Gasteiger charge is -1.97. The van der Waals surface area contributed by atoms with Gasteiger partial charge in [0.2, 0.25) is 5.95 Å². The molecule has 0 fully saturated rings. The van der Waals surface area contributed by atoms with Crippen molar-refractivity contribution >= 4 is 23.9 Å². The second kappa shape index (κ2) is 6.97. The largest absolute Gasteiger partial charge is 0.459 e. The molecule has 2 aromatic heterocycles. The number of thioether (sulfide) groups is 1. The Kier molecular flexibility index (Phi) is 5.04. The van der Waals surface area contributed by atoms with E-state index in [0.29, 0.717) is 23.3 Å². The third kappa shape index (κ3) is 4.67. The molecule has 21 heavy (non-hydrogen) atoms. The molecule has 0 saturated carbocycles. The van der Waals surface area contributed by atoms with Gasteiger partial charge in [-0.2, -0.15) is 13.9 Å². The van der Waals surface area contributed by atoms with Gasteiger partial charge in [0.1, 0.15) is 17.2 Å². The first-order valence-corrected chi connectivity index (χ1v) is 6.80. The maximum absolute atomic E-state index is 12.0. The smallest absolute Gasteiger partial charge is 0.284 e. The summed E-state index contributed by atoms with van der Waals surface area (Å²) in [6.45, 7) is 1.53. The first kappa shape index (κ1) is 15.2. The zero-order chi connectivity index (χ0) is 15.2. The standard InChI is InChI=1S/C11H11F2N5O2S/c1-6-9(19)15-11(18-16-6)17-14-4-7-2-3-8(20-7)5-21-10(12)13/h2-4,10H,5H2,1H3,(H2,15,17,18,19)/b14-4-. The van der Waals surface area contributed by atoms with Crippen LogP contribution in [0.3, 0.4) is 0 Å². The normalized spacial score (nSPS) is 11.4. The molecule has 0 spiro atoms. The molecule has 2 rings (SSSR count). The number of furan rings is 1. The molecule has 0 bridgehead atoms. The van der Waals surface area contributed by atoms with Gasteiger partial charge in [0, 0.05) is 0 Å². The van der Waals surface area contributed by atoms with Crippen LogP contribution in [0.4, 0.5) is 14.7 Å². The van der Waals surface area contributed by atoms with E-state index < -0.39 is 5.76 Å². The molecule has 0 unspecified atom stereocenters. The highest BCUT2D eigenvalue weighted by molar-refractivity contribution is 7.98. The molecule has 10 heteroatoms. The molecule has 0 aromatic carbocycles. The molecule has 7 nitrogen and oxygen atoms in total. The topological polar surface area (TPSA) is 96.2 Å². The number of nitrogens with zero attached hydrogens (tertiary/aromatic N) is 3. The van der Waals surface area contributed by atoms with Crippen molar-refractivity contribution in [2.45, 2.75) is 18.4 Å². The lowest BCUT2D eigenvalue weighted by molar-refractivity contribution is 0.251. The molecule has 2 aromatic rings. The van der Waals surface area contributed by atoms with E-state index >= 15 is 0 Å². The monoisotopic (exact) mass is 315 g/mol. The molecule has 2 heterocycles. The lowest BCUT2D eigenvalue weighted by Crippen LogP contribution is -2.15. The van der Waals surface area contributed by atoms with Crippen LogP contribution in [0.2, 0.25) is 0 Å². The summed E-state index contributed by atoms with van der Waals surface area (Å²) in [6.07, 6.45) is 1.33. The van der Waals surface area contributed by atoms with Gasteiger partial charge in [0.25, 0.3) is 11.3 Å². The summed E-state index contributed by atoms with van der Waals surface area (Å²) in [5, 5.41) is 11.1. The van der Waals surface area contributed by atoms with Crippen LogP contribution in [0.1, 0.15) is 17.2 Å². The Hall–Kier alpha value is -2.23. The quantitative estimate of drug-likeness (QED) is 0.625. The van der Waals surface area contributed by atoms with Crippen LogP contribution in [0.25, 0.3) is 0 Å². The maximum Gasteiger partial charge on any atom is 0.284 e. The zero-order valence-electron chi connectivity index (χ0n) is 10.8. The Morgan fingerprint density at radius 1 is 1.52 bits per heavy atom. The molecule has 0 saturated heterocycles. The summed E-state index contributed by atoms with van der Waals surface area (Å²) >= 11 is 0.476. The minimum absolute atomic E-state index is 0.0791. The van der Waals surface area contributed by atoms with E-state index in [1.54, 1.807) is 12.1 Å². The van der Waals surface area contributed by atoms with Crippen molar-refractivity contribution in [2.75, 3.05) is 5.43 Å². The van der Waals surface area contributed by atoms with Crippen LogP contribution in [-0.4, -0.2) is 27.2 Å². The number of aryl methyl sites for hydroxylation is 1. The number of hydrazone groups is 1. The van der Waals surface area contributed by atoms with Crippen LogP contribution in [0, 0.1) is 6.92 Å². The first-order valence-electron chi connectivity index (χ1n) is 5.76. The van der Waals surface area contributed by atoms with E-state index in [1.807, 2.05) is 0 Å². The van der Waals surface area contributed by atoms with Crippen molar-refractivity contribution in [1.82, 2.24) is 15.2 Å². The SMILES string of the molecule is Cc1nnc(N/N=C\c2ccc(CSC(F)F)o2)[nH]c1=O. The summed E-state index contributed by atoms with van der Waals surface area (Å²) in [6, 6.07) is 3.18. The molecule has 0 aliphatic rings. The van der Waals surface area contributed by atoms with Gasteiger partial charge in [-0.3, -0.25) is 9.78 Å². The number of alkyl halides is 2. The van der Waals surface area contributed by atoms with Crippen LogP contribution >= 0.6 is 11.8 Å². The van der Waals surface area contributed by atoms with Crippen LogP contribution in [0.5, 0.6) is 0 Å². The van der Waals surface area contributed by atoms with E-state index in [4.69, 9.17) is 4.42 Å². The Bertz CT molecular complexity index is 685. The van der Waals surface area contributed by atoms with Crippen molar-refractivity contribution < 1.29 is 13.2 Å². The predicted molar refractivity (Wildman–Crippen MR) is 74.6 cm³/mol. The van der Waals surface area contributed by atoms with E-state index in [1.165, 1.54) is 13.1 Å². The number of rotatable bonds is 6. The van der Waals surface area contributed by atoms with Crippen molar-refractivity contribution in [1.29, 1.82) is 0 Å². The van der Waals surface area contributed by atoms with Crippen LogP contribution in [-0.2, 0) is 5.75 Å². The van der Waals surface area contributed by atoms with E-state index in [2.05, 4.69) is 25.7 Å².